The molecule has 2 rings (SSSR count). The molecule has 14 heavy (non-hydrogen) atoms. The molecule has 0 radical (unpaired) electrons. The third-order valence-corrected chi connectivity index (χ3v) is 2.25. The van der Waals surface area contributed by atoms with Crippen LogP contribution in [-0.4, -0.2) is 5.78 Å². The highest BCUT2D eigenvalue weighted by Crippen LogP contribution is 2.13. The quantitative estimate of drug-likeness (QED) is 0.690. The SMILES string of the molecule is O=C1C=C(Cc2ccccc2)C=CC1. The summed E-state index contributed by atoms with van der Waals surface area (Å²) in [6.45, 7) is 0. The first-order chi connectivity index (χ1) is 6.84. The van der Waals surface area contributed by atoms with E-state index < -0.39 is 0 Å². The van der Waals surface area contributed by atoms with E-state index >= 15 is 0 Å². The Morgan fingerprint density at radius 2 is 1.93 bits per heavy atom. The van der Waals surface area contributed by atoms with E-state index in [0.29, 0.717) is 6.42 Å². The molecule has 1 aliphatic carbocycles. The summed E-state index contributed by atoms with van der Waals surface area (Å²) in [7, 11) is 0. The van der Waals surface area contributed by atoms with Crippen LogP contribution in [0.1, 0.15) is 12.0 Å². The van der Waals surface area contributed by atoms with Gasteiger partial charge in [-0.05, 0) is 23.6 Å². The Morgan fingerprint density at radius 3 is 2.64 bits per heavy atom. The molecule has 0 aliphatic heterocycles. The molecule has 0 bridgehead atoms. The van der Waals surface area contributed by atoms with E-state index in [1.165, 1.54) is 5.56 Å². The minimum Gasteiger partial charge on any atom is -0.295 e. The van der Waals surface area contributed by atoms with Crippen LogP contribution in [-0.2, 0) is 11.2 Å². The van der Waals surface area contributed by atoms with Gasteiger partial charge in [0, 0.05) is 6.42 Å². The maximum Gasteiger partial charge on any atom is 0.159 e. The minimum atomic E-state index is 0.207. The van der Waals surface area contributed by atoms with Crippen LogP contribution < -0.4 is 0 Å². The van der Waals surface area contributed by atoms with Gasteiger partial charge < -0.3 is 0 Å². The molecule has 0 heterocycles. The highest BCUT2D eigenvalue weighted by molar-refractivity contribution is 5.93. The number of hydrogen-bond donors (Lipinski definition) is 0. The van der Waals surface area contributed by atoms with Crippen LogP contribution in [0, 0.1) is 0 Å². The molecule has 70 valence electrons. The van der Waals surface area contributed by atoms with E-state index in [2.05, 4.69) is 12.1 Å². The van der Waals surface area contributed by atoms with Gasteiger partial charge in [-0.25, -0.2) is 0 Å². The number of carbonyl (C=O) groups excluding carboxylic acids is 1. The first-order valence-corrected chi connectivity index (χ1v) is 4.78. The summed E-state index contributed by atoms with van der Waals surface area (Å²) < 4.78 is 0. The van der Waals surface area contributed by atoms with Gasteiger partial charge in [-0.3, -0.25) is 4.79 Å². The van der Waals surface area contributed by atoms with Crippen molar-refractivity contribution in [3.8, 4) is 0 Å². The van der Waals surface area contributed by atoms with E-state index in [1.54, 1.807) is 6.08 Å². The number of benzene rings is 1. The van der Waals surface area contributed by atoms with Gasteiger partial charge in [0.25, 0.3) is 0 Å². The molecular weight excluding hydrogens is 172 g/mol. The Hall–Kier alpha value is -1.63. The summed E-state index contributed by atoms with van der Waals surface area (Å²) in [4.78, 5) is 11.1. The molecular formula is C13H12O. The Morgan fingerprint density at radius 1 is 1.14 bits per heavy atom. The molecule has 1 aliphatic rings. The summed E-state index contributed by atoms with van der Waals surface area (Å²) in [6.07, 6.45) is 7.11. The average Bonchev–Trinajstić information content (AvgIpc) is 2.19. The van der Waals surface area contributed by atoms with Crippen molar-refractivity contribution in [1.82, 2.24) is 0 Å². The van der Waals surface area contributed by atoms with Crippen molar-refractivity contribution in [2.75, 3.05) is 0 Å². The maximum atomic E-state index is 11.1. The highest BCUT2D eigenvalue weighted by Gasteiger charge is 2.04. The highest BCUT2D eigenvalue weighted by atomic mass is 16.1. The van der Waals surface area contributed by atoms with E-state index in [4.69, 9.17) is 0 Å². The van der Waals surface area contributed by atoms with Crippen molar-refractivity contribution in [2.45, 2.75) is 12.8 Å². The standard InChI is InChI=1S/C13H12O/c14-13-8-4-7-12(10-13)9-11-5-2-1-3-6-11/h1-7,10H,8-9H2. The van der Waals surface area contributed by atoms with Crippen molar-refractivity contribution in [1.29, 1.82) is 0 Å². The van der Waals surface area contributed by atoms with Gasteiger partial charge in [0.15, 0.2) is 5.78 Å². The second-order valence-corrected chi connectivity index (χ2v) is 3.45. The second-order valence-electron chi connectivity index (χ2n) is 3.45. The number of carbonyl (C=O) groups is 1. The fraction of sp³-hybridized carbons (Fsp3) is 0.154. The molecule has 1 aromatic rings. The molecule has 0 N–H and O–H groups in total. The Balaban J connectivity index is 2.12. The molecule has 0 aromatic heterocycles. The predicted octanol–water partition coefficient (Wildman–Crippen LogP) is 2.68. The van der Waals surface area contributed by atoms with Crippen LogP contribution in [0.2, 0.25) is 0 Å². The summed E-state index contributed by atoms with van der Waals surface area (Å²) in [5.74, 6) is 0.207. The molecule has 1 aromatic carbocycles. The first kappa shape index (κ1) is 8.95. The van der Waals surface area contributed by atoms with E-state index in [1.807, 2.05) is 30.4 Å². The van der Waals surface area contributed by atoms with E-state index in [-0.39, 0.29) is 5.78 Å². The second kappa shape index (κ2) is 4.05. The molecule has 0 atom stereocenters. The van der Waals surface area contributed by atoms with Gasteiger partial charge >= 0.3 is 0 Å². The first-order valence-electron chi connectivity index (χ1n) is 4.78. The van der Waals surface area contributed by atoms with Crippen molar-refractivity contribution in [2.24, 2.45) is 0 Å². The zero-order chi connectivity index (χ0) is 9.80. The third kappa shape index (κ3) is 2.19. The molecule has 0 amide bonds. The number of rotatable bonds is 2. The molecule has 1 nitrogen and oxygen atoms in total. The van der Waals surface area contributed by atoms with Crippen LogP contribution >= 0.6 is 0 Å². The molecule has 0 spiro atoms. The summed E-state index contributed by atoms with van der Waals surface area (Å²) >= 11 is 0. The minimum absolute atomic E-state index is 0.207. The van der Waals surface area contributed by atoms with Crippen molar-refractivity contribution >= 4 is 5.78 Å². The Labute approximate surface area is 83.8 Å². The largest absolute Gasteiger partial charge is 0.295 e. The fourth-order valence-electron chi connectivity index (χ4n) is 1.58. The summed E-state index contributed by atoms with van der Waals surface area (Å²) in [6, 6.07) is 10.2. The smallest absolute Gasteiger partial charge is 0.159 e. The summed E-state index contributed by atoms with van der Waals surface area (Å²) in [5, 5.41) is 0. The van der Waals surface area contributed by atoms with Crippen LogP contribution in [0.3, 0.4) is 0 Å². The third-order valence-electron chi connectivity index (χ3n) is 2.25. The lowest BCUT2D eigenvalue weighted by Crippen LogP contribution is -1.99. The lowest BCUT2D eigenvalue weighted by Gasteiger charge is -2.05. The number of allylic oxidation sites excluding steroid dienone is 4. The van der Waals surface area contributed by atoms with Crippen molar-refractivity contribution in [3.63, 3.8) is 0 Å². The van der Waals surface area contributed by atoms with Gasteiger partial charge in [-0.15, -0.1) is 0 Å². The zero-order valence-electron chi connectivity index (χ0n) is 7.94. The van der Waals surface area contributed by atoms with Crippen LogP contribution in [0.5, 0.6) is 0 Å². The average molecular weight is 184 g/mol. The predicted molar refractivity (Wildman–Crippen MR) is 57.0 cm³/mol. The van der Waals surface area contributed by atoms with Gasteiger partial charge in [0.2, 0.25) is 0 Å². The van der Waals surface area contributed by atoms with Crippen molar-refractivity contribution in [3.05, 3.63) is 59.7 Å². The number of ketones is 1. The van der Waals surface area contributed by atoms with Crippen LogP contribution in [0.4, 0.5) is 0 Å². The summed E-state index contributed by atoms with van der Waals surface area (Å²) in [5.41, 5.74) is 2.35. The van der Waals surface area contributed by atoms with Crippen molar-refractivity contribution < 1.29 is 4.79 Å². The lowest BCUT2D eigenvalue weighted by atomic mass is 9.99. The molecule has 0 saturated heterocycles. The van der Waals surface area contributed by atoms with Gasteiger partial charge in [-0.2, -0.15) is 0 Å². The molecule has 0 fully saturated rings. The maximum absolute atomic E-state index is 11.1. The fourth-order valence-corrected chi connectivity index (χ4v) is 1.58. The zero-order valence-corrected chi connectivity index (χ0v) is 7.94. The van der Waals surface area contributed by atoms with Crippen LogP contribution in [0.25, 0.3) is 0 Å². The van der Waals surface area contributed by atoms with Gasteiger partial charge in [0.05, 0.1) is 0 Å². The van der Waals surface area contributed by atoms with Crippen LogP contribution in [0.15, 0.2) is 54.1 Å². The van der Waals surface area contributed by atoms with E-state index in [0.717, 1.165) is 12.0 Å². The Bertz CT molecular complexity index is 385. The molecule has 1 heteroatoms. The monoisotopic (exact) mass is 184 g/mol. The molecule has 0 unspecified atom stereocenters. The number of hydrogen-bond acceptors (Lipinski definition) is 1. The van der Waals surface area contributed by atoms with Gasteiger partial charge in [0.1, 0.15) is 0 Å². The normalized spacial score (nSPS) is 15.4. The van der Waals surface area contributed by atoms with E-state index in [9.17, 15) is 4.79 Å². The Kier molecular flexibility index (Phi) is 2.59. The van der Waals surface area contributed by atoms with Gasteiger partial charge in [-0.1, -0.05) is 42.5 Å². The lowest BCUT2D eigenvalue weighted by molar-refractivity contribution is -0.113. The topological polar surface area (TPSA) is 17.1 Å². The molecule has 0 saturated carbocycles.